The highest BCUT2D eigenvalue weighted by molar-refractivity contribution is 6.74. The Morgan fingerprint density at radius 3 is 2.52 bits per heavy atom. The standard InChI is InChI=1S/C24H39NOSi/c1-24(2,3)27(4,5)26-16-10-13-21-17-22-14-9-15-23(18-21)25(22)19-20-11-7-6-8-12-20/h6-8,11-12,17,22-23H,9-10,13-16,18-19H2,1-5H3. The van der Waals surface area contributed by atoms with Crippen LogP contribution in [0.15, 0.2) is 42.0 Å². The highest BCUT2D eigenvalue weighted by Gasteiger charge is 2.37. The molecular formula is C24H39NOSi. The van der Waals surface area contributed by atoms with Crippen LogP contribution < -0.4 is 0 Å². The number of benzene rings is 1. The topological polar surface area (TPSA) is 12.5 Å². The molecule has 0 aromatic heterocycles. The molecule has 0 amide bonds. The van der Waals surface area contributed by atoms with Crippen LogP contribution in [0.2, 0.25) is 18.1 Å². The first-order valence-corrected chi connectivity index (χ1v) is 13.8. The molecule has 0 aliphatic carbocycles. The second-order valence-corrected chi connectivity index (χ2v) is 14.9. The van der Waals surface area contributed by atoms with Crippen LogP contribution in [0.1, 0.15) is 64.9 Å². The Hall–Kier alpha value is -0.903. The molecule has 3 rings (SSSR count). The zero-order valence-electron chi connectivity index (χ0n) is 18.1. The molecule has 0 N–H and O–H groups in total. The minimum Gasteiger partial charge on any atom is -0.417 e. The predicted octanol–water partition coefficient (Wildman–Crippen LogP) is 6.54. The highest BCUT2D eigenvalue weighted by Crippen LogP contribution is 2.38. The van der Waals surface area contributed by atoms with Crippen LogP contribution in [0.4, 0.5) is 0 Å². The zero-order chi connectivity index (χ0) is 19.5. The van der Waals surface area contributed by atoms with Crippen molar-refractivity contribution in [2.45, 2.75) is 96.1 Å². The van der Waals surface area contributed by atoms with Gasteiger partial charge in [-0.25, -0.2) is 0 Å². The highest BCUT2D eigenvalue weighted by atomic mass is 28.4. The van der Waals surface area contributed by atoms with Gasteiger partial charge >= 0.3 is 0 Å². The molecule has 2 aliphatic rings. The van der Waals surface area contributed by atoms with Crippen LogP contribution in [-0.4, -0.2) is 31.9 Å². The maximum Gasteiger partial charge on any atom is 0.191 e. The van der Waals surface area contributed by atoms with Gasteiger partial charge in [-0.15, -0.1) is 0 Å². The van der Waals surface area contributed by atoms with E-state index < -0.39 is 8.32 Å². The molecule has 2 aliphatic heterocycles. The summed E-state index contributed by atoms with van der Waals surface area (Å²) in [6, 6.07) is 12.4. The summed E-state index contributed by atoms with van der Waals surface area (Å²) in [6.45, 7) is 13.7. The van der Waals surface area contributed by atoms with Crippen molar-refractivity contribution in [1.82, 2.24) is 4.90 Å². The van der Waals surface area contributed by atoms with Crippen molar-refractivity contribution in [1.29, 1.82) is 0 Å². The Kier molecular flexibility index (Phi) is 6.65. The van der Waals surface area contributed by atoms with Gasteiger partial charge in [-0.1, -0.05) is 69.2 Å². The number of hydrogen-bond acceptors (Lipinski definition) is 2. The summed E-state index contributed by atoms with van der Waals surface area (Å²) in [5.41, 5.74) is 3.14. The summed E-state index contributed by atoms with van der Waals surface area (Å²) in [5, 5.41) is 0.312. The summed E-state index contributed by atoms with van der Waals surface area (Å²) in [4.78, 5) is 2.76. The van der Waals surface area contributed by atoms with Gasteiger partial charge in [0.25, 0.3) is 0 Å². The van der Waals surface area contributed by atoms with E-state index in [1.54, 1.807) is 5.57 Å². The van der Waals surface area contributed by atoms with E-state index >= 15 is 0 Å². The monoisotopic (exact) mass is 385 g/mol. The minimum absolute atomic E-state index is 0.312. The predicted molar refractivity (Wildman–Crippen MR) is 118 cm³/mol. The molecule has 1 saturated heterocycles. The van der Waals surface area contributed by atoms with Gasteiger partial charge in [0.1, 0.15) is 0 Å². The van der Waals surface area contributed by atoms with Gasteiger partial charge in [0.05, 0.1) is 0 Å². The summed E-state index contributed by atoms with van der Waals surface area (Å²) in [5.74, 6) is 0. The lowest BCUT2D eigenvalue weighted by atomic mass is 9.83. The lowest BCUT2D eigenvalue weighted by molar-refractivity contribution is 0.0873. The molecular weight excluding hydrogens is 346 g/mol. The molecule has 0 radical (unpaired) electrons. The molecule has 2 atom stereocenters. The number of nitrogens with zero attached hydrogens (tertiary/aromatic N) is 1. The Labute approximate surface area is 168 Å². The van der Waals surface area contributed by atoms with E-state index in [1.165, 1.54) is 44.1 Å². The molecule has 2 unspecified atom stereocenters. The first-order valence-electron chi connectivity index (χ1n) is 10.9. The maximum atomic E-state index is 6.38. The van der Waals surface area contributed by atoms with E-state index in [0.717, 1.165) is 19.2 Å². The molecule has 2 bridgehead atoms. The lowest BCUT2D eigenvalue weighted by Crippen LogP contribution is -2.48. The van der Waals surface area contributed by atoms with Gasteiger partial charge in [0, 0.05) is 25.2 Å². The van der Waals surface area contributed by atoms with E-state index in [2.05, 4.69) is 75.2 Å². The molecule has 150 valence electrons. The van der Waals surface area contributed by atoms with Crippen molar-refractivity contribution in [3.8, 4) is 0 Å². The number of fused-ring (bicyclic) bond motifs is 2. The number of rotatable bonds is 7. The van der Waals surface area contributed by atoms with E-state index in [4.69, 9.17) is 4.43 Å². The first kappa shape index (κ1) is 20.8. The van der Waals surface area contributed by atoms with Crippen molar-refractivity contribution in [3.63, 3.8) is 0 Å². The van der Waals surface area contributed by atoms with Crippen LogP contribution in [0.25, 0.3) is 0 Å². The van der Waals surface area contributed by atoms with Crippen LogP contribution in [0.3, 0.4) is 0 Å². The third kappa shape index (κ3) is 5.33. The number of piperidine rings is 1. The minimum atomic E-state index is -1.60. The van der Waals surface area contributed by atoms with Crippen LogP contribution in [0.5, 0.6) is 0 Å². The Balaban J connectivity index is 1.53. The third-order valence-electron chi connectivity index (χ3n) is 6.98. The van der Waals surface area contributed by atoms with Crippen molar-refractivity contribution in [2.75, 3.05) is 6.61 Å². The van der Waals surface area contributed by atoms with Crippen molar-refractivity contribution < 1.29 is 4.43 Å². The van der Waals surface area contributed by atoms with Crippen molar-refractivity contribution >= 4 is 8.32 Å². The van der Waals surface area contributed by atoms with Crippen LogP contribution >= 0.6 is 0 Å². The lowest BCUT2D eigenvalue weighted by Gasteiger charge is -2.45. The fraction of sp³-hybridized carbons (Fsp3) is 0.667. The quantitative estimate of drug-likeness (QED) is 0.300. The summed E-state index contributed by atoms with van der Waals surface area (Å²) in [7, 11) is -1.60. The van der Waals surface area contributed by atoms with Crippen LogP contribution in [-0.2, 0) is 11.0 Å². The molecule has 0 spiro atoms. The van der Waals surface area contributed by atoms with Crippen molar-refractivity contribution in [2.24, 2.45) is 0 Å². The second-order valence-electron chi connectivity index (χ2n) is 10.1. The molecule has 1 aromatic rings. The SMILES string of the molecule is CC(C)(C)[Si](C)(C)OCCCC1=CC2CCCC(C1)N2Cc1ccccc1. The summed E-state index contributed by atoms with van der Waals surface area (Å²) in [6.07, 6.45) is 10.3. The van der Waals surface area contributed by atoms with Gasteiger partial charge < -0.3 is 4.43 Å². The van der Waals surface area contributed by atoms with Gasteiger partial charge in [-0.05, 0) is 55.8 Å². The zero-order valence-corrected chi connectivity index (χ0v) is 19.1. The smallest absolute Gasteiger partial charge is 0.191 e. The third-order valence-corrected chi connectivity index (χ3v) is 11.5. The average molecular weight is 386 g/mol. The normalized spacial score (nSPS) is 24.0. The Morgan fingerprint density at radius 2 is 1.85 bits per heavy atom. The largest absolute Gasteiger partial charge is 0.417 e. The summed E-state index contributed by atoms with van der Waals surface area (Å²) < 4.78 is 6.38. The van der Waals surface area contributed by atoms with Gasteiger partial charge in [-0.2, -0.15) is 0 Å². The van der Waals surface area contributed by atoms with E-state index in [1.807, 2.05) is 0 Å². The molecule has 1 fully saturated rings. The average Bonchev–Trinajstić information content (AvgIpc) is 2.59. The Morgan fingerprint density at radius 1 is 1.11 bits per heavy atom. The fourth-order valence-corrected chi connectivity index (χ4v) is 5.36. The Bertz CT molecular complexity index is 632. The number of hydrogen-bond donors (Lipinski definition) is 0. The van der Waals surface area contributed by atoms with E-state index in [-0.39, 0.29) is 0 Å². The first-order chi connectivity index (χ1) is 12.8. The van der Waals surface area contributed by atoms with E-state index in [0.29, 0.717) is 11.1 Å². The van der Waals surface area contributed by atoms with E-state index in [9.17, 15) is 0 Å². The van der Waals surface area contributed by atoms with Gasteiger partial charge in [-0.3, -0.25) is 4.90 Å². The van der Waals surface area contributed by atoms with Crippen molar-refractivity contribution in [3.05, 3.63) is 47.5 Å². The molecule has 27 heavy (non-hydrogen) atoms. The van der Waals surface area contributed by atoms with Gasteiger partial charge in [0.15, 0.2) is 8.32 Å². The molecule has 3 heteroatoms. The summed E-state index contributed by atoms with van der Waals surface area (Å²) >= 11 is 0. The molecule has 2 heterocycles. The second kappa shape index (κ2) is 8.63. The van der Waals surface area contributed by atoms with Crippen LogP contribution in [0, 0.1) is 0 Å². The molecule has 2 nitrogen and oxygen atoms in total. The van der Waals surface area contributed by atoms with Gasteiger partial charge in [0.2, 0.25) is 0 Å². The molecule has 0 saturated carbocycles. The molecule has 1 aromatic carbocycles. The maximum absolute atomic E-state index is 6.38. The fourth-order valence-electron chi connectivity index (χ4n) is 4.28.